The van der Waals surface area contributed by atoms with Crippen LogP contribution < -0.4 is 10.6 Å². The Balaban J connectivity index is 2.37. The summed E-state index contributed by atoms with van der Waals surface area (Å²) in [4.78, 5) is 22.2. The number of carboxylic acids is 1. The molecular formula is C10H18N2O4. The Morgan fingerprint density at radius 3 is 2.75 bits per heavy atom. The van der Waals surface area contributed by atoms with E-state index >= 15 is 0 Å². The summed E-state index contributed by atoms with van der Waals surface area (Å²) >= 11 is 0. The topological polar surface area (TPSA) is 98.7 Å². The standard InChI is InChI=1S/C10H18N2O4/c1-10(16,9(14)15)6-12-8(13)7-3-2-4-11-5-7/h7,11,16H,2-6H2,1H3,(H,12,13)(H,14,15). The maximum absolute atomic E-state index is 11.6. The summed E-state index contributed by atoms with van der Waals surface area (Å²) in [6, 6.07) is 0. The molecule has 1 rings (SSSR count). The molecule has 6 heteroatoms. The average molecular weight is 230 g/mol. The average Bonchev–Trinajstić information content (AvgIpc) is 2.27. The lowest BCUT2D eigenvalue weighted by Crippen LogP contribution is -2.49. The molecular weight excluding hydrogens is 212 g/mol. The van der Waals surface area contributed by atoms with Crippen LogP contribution in [0.15, 0.2) is 0 Å². The molecule has 1 aliphatic heterocycles. The maximum Gasteiger partial charge on any atom is 0.337 e. The van der Waals surface area contributed by atoms with Crippen LogP contribution in [-0.2, 0) is 9.59 Å². The first-order chi connectivity index (χ1) is 7.43. The Bertz CT molecular complexity index is 272. The molecule has 16 heavy (non-hydrogen) atoms. The van der Waals surface area contributed by atoms with Gasteiger partial charge in [-0.25, -0.2) is 4.79 Å². The first-order valence-corrected chi connectivity index (χ1v) is 5.37. The van der Waals surface area contributed by atoms with Gasteiger partial charge in [-0.3, -0.25) is 4.79 Å². The van der Waals surface area contributed by atoms with Gasteiger partial charge in [0.15, 0.2) is 5.60 Å². The molecule has 0 aliphatic carbocycles. The number of hydrogen-bond donors (Lipinski definition) is 4. The van der Waals surface area contributed by atoms with Crippen molar-refractivity contribution in [3.63, 3.8) is 0 Å². The molecule has 4 N–H and O–H groups in total. The van der Waals surface area contributed by atoms with E-state index in [-0.39, 0.29) is 18.4 Å². The molecule has 6 nitrogen and oxygen atoms in total. The van der Waals surface area contributed by atoms with Crippen molar-refractivity contribution in [2.45, 2.75) is 25.4 Å². The number of carbonyl (C=O) groups is 2. The van der Waals surface area contributed by atoms with E-state index in [0.29, 0.717) is 6.54 Å². The van der Waals surface area contributed by atoms with Crippen molar-refractivity contribution in [3.05, 3.63) is 0 Å². The molecule has 1 saturated heterocycles. The van der Waals surface area contributed by atoms with Gasteiger partial charge in [0.2, 0.25) is 5.91 Å². The number of amides is 1. The number of nitrogens with one attached hydrogen (secondary N) is 2. The van der Waals surface area contributed by atoms with Crippen LogP contribution in [0, 0.1) is 5.92 Å². The van der Waals surface area contributed by atoms with Crippen LogP contribution in [0.2, 0.25) is 0 Å². The minimum atomic E-state index is -1.91. The summed E-state index contributed by atoms with van der Waals surface area (Å²) in [6.07, 6.45) is 1.74. The first kappa shape index (κ1) is 12.9. The third-order valence-electron chi connectivity index (χ3n) is 2.74. The van der Waals surface area contributed by atoms with Crippen LogP contribution in [-0.4, -0.2) is 47.3 Å². The minimum absolute atomic E-state index is 0.127. The molecule has 0 radical (unpaired) electrons. The Morgan fingerprint density at radius 1 is 1.56 bits per heavy atom. The lowest BCUT2D eigenvalue weighted by molar-refractivity contribution is -0.156. The summed E-state index contributed by atoms with van der Waals surface area (Å²) in [5, 5.41) is 23.6. The van der Waals surface area contributed by atoms with Gasteiger partial charge < -0.3 is 20.8 Å². The summed E-state index contributed by atoms with van der Waals surface area (Å²) in [5.41, 5.74) is -1.91. The molecule has 0 aromatic carbocycles. The minimum Gasteiger partial charge on any atom is -0.479 e. The number of aliphatic hydroxyl groups is 1. The summed E-state index contributed by atoms with van der Waals surface area (Å²) in [6.45, 7) is 2.42. The summed E-state index contributed by atoms with van der Waals surface area (Å²) < 4.78 is 0. The van der Waals surface area contributed by atoms with Gasteiger partial charge in [-0.2, -0.15) is 0 Å². The van der Waals surface area contributed by atoms with Crippen LogP contribution in [0.1, 0.15) is 19.8 Å². The highest BCUT2D eigenvalue weighted by Crippen LogP contribution is 2.10. The summed E-state index contributed by atoms with van der Waals surface area (Å²) in [5.74, 6) is -1.67. The third-order valence-corrected chi connectivity index (χ3v) is 2.74. The lowest BCUT2D eigenvalue weighted by atomic mass is 9.98. The van der Waals surface area contributed by atoms with Gasteiger partial charge in [0, 0.05) is 6.54 Å². The van der Waals surface area contributed by atoms with Gasteiger partial charge >= 0.3 is 5.97 Å². The molecule has 1 amide bonds. The molecule has 0 bridgehead atoms. The molecule has 1 aliphatic rings. The van der Waals surface area contributed by atoms with E-state index in [1.807, 2.05) is 0 Å². The number of carboxylic acid groups (broad SMARTS) is 1. The highest BCUT2D eigenvalue weighted by molar-refractivity contribution is 5.81. The number of rotatable bonds is 4. The fourth-order valence-electron chi connectivity index (χ4n) is 1.55. The van der Waals surface area contributed by atoms with E-state index in [2.05, 4.69) is 10.6 Å². The molecule has 0 saturated carbocycles. The van der Waals surface area contributed by atoms with Gasteiger partial charge in [-0.05, 0) is 26.3 Å². The van der Waals surface area contributed by atoms with Crippen LogP contribution >= 0.6 is 0 Å². The largest absolute Gasteiger partial charge is 0.479 e. The van der Waals surface area contributed by atoms with E-state index in [9.17, 15) is 14.7 Å². The van der Waals surface area contributed by atoms with E-state index in [0.717, 1.165) is 26.3 Å². The molecule has 92 valence electrons. The van der Waals surface area contributed by atoms with Gasteiger partial charge in [0.25, 0.3) is 0 Å². The normalized spacial score (nSPS) is 24.5. The smallest absolute Gasteiger partial charge is 0.337 e. The van der Waals surface area contributed by atoms with Gasteiger partial charge in [0.1, 0.15) is 0 Å². The molecule has 1 fully saturated rings. The van der Waals surface area contributed by atoms with Crippen LogP contribution in [0.25, 0.3) is 0 Å². The highest BCUT2D eigenvalue weighted by Gasteiger charge is 2.31. The van der Waals surface area contributed by atoms with Crippen LogP contribution in [0.5, 0.6) is 0 Å². The molecule has 0 spiro atoms. The fraction of sp³-hybridized carbons (Fsp3) is 0.800. The zero-order valence-corrected chi connectivity index (χ0v) is 9.32. The predicted molar refractivity (Wildman–Crippen MR) is 56.9 cm³/mol. The first-order valence-electron chi connectivity index (χ1n) is 5.37. The van der Waals surface area contributed by atoms with Gasteiger partial charge in [-0.1, -0.05) is 0 Å². The van der Waals surface area contributed by atoms with E-state index in [4.69, 9.17) is 5.11 Å². The monoisotopic (exact) mass is 230 g/mol. The quantitative estimate of drug-likeness (QED) is 0.493. The molecule has 0 aromatic heterocycles. The Morgan fingerprint density at radius 2 is 2.25 bits per heavy atom. The fourth-order valence-corrected chi connectivity index (χ4v) is 1.55. The second-order valence-corrected chi connectivity index (χ2v) is 4.34. The molecule has 2 unspecified atom stereocenters. The van der Waals surface area contributed by atoms with Crippen molar-refractivity contribution in [1.82, 2.24) is 10.6 Å². The van der Waals surface area contributed by atoms with Crippen molar-refractivity contribution < 1.29 is 19.8 Å². The van der Waals surface area contributed by atoms with E-state index in [1.165, 1.54) is 0 Å². The number of aliphatic carboxylic acids is 1. The number of carbonyl (C=O) groups excluding carboxylic acids is 1. The number of hydrogen-bond acceptors (Lipinski definition) is 4. The zero-order chi connectivity index (χ0) is 12.2. The van der Waals surface area contributed by atoms with E-state index in [1.54, 1.807) is 0 Å². The van der Waals surface area contributed by atoms with E-state index < -0.39 is 11.6 Å². The van der Waals surface area contributed by atoms with Crippen molar-refractivity contribution in [2.75, 3.05) is 19.6 Å². The van der Waals surface area contributed by atoms with Gasteiger partial charge in [-0.15, -0.1) is 0 Å². The SMILES string of the molecule is CC(O)(CNC(=O)C1CCCNC1)C(=O)O. The van der Waals surface area contributed by atoms with Crippen molar-refractivity contribution in [2.24, 2.45) is 5.92 Å². The zero-order valence-electron chi connectivity index (χ0n) is 9.32. The lowest BCUT2D eigenvalue weighted by Gasteiger charge is -2.24. The van der Waals surface area contributed by atoms with Crippen molar-refractivity contribution in [1.29, 1.82) is 0 Å². The van der Waals surface area contributed by atoms with Crippen LogP contribution in [0.4, 0.5) is 0 Å². The Kier molecular flexibility index (Phi) is 4.26. The van der Waals surface area contributed by atoms with Crippen molar-refractivity contribution >= 4 is 11.9 Å². The highest BCUT2D eigenvalue weighted by atomic mass is 16.4. The van der Waals surface area contributed by atoms with Crippen molar-refractivity contribution in [3.8, 4) is 0 Å². The second kappa shape index (κ2) is 5.27. The molecule has 2 atom stereocenters. The third kappa shape index (κ3) is 3.46. The van der Waals surface area contributed by atoms with Crippen LogP contribution in [0.3, 0.4) is 0 Å². The molecule has 1 heterocycles. The Labute approximate surface area is 94.0 Å². The Hall–Kier alpha value is -1.14. The second-order valence-electron chi connectivity index (χ2n) is 4.34. The van der Waals surface area contributed by atoms with Gasteiger partial charge in [0.05, 0.1) is 12.5 Å². The summed E-state index contributed by atoms with van der Waals surface area (Å²) in [7, 11) is 0. The number of piperidine rings is 1. The maximum atomic E-state index is 11.6. The predicted octanol–water partition coefficient (Wildman–Crippen LogP) is -1.06. The molecule has 0 aromatic rings.